The standard InChI is InChI=1S/C15H13ClO4S/c16-13-7-5-11(6-8-13)9-21(19,20)10-12-3-1-2-4-14(12)15(17)18/h1-8H,9-10H2,(H,17,18). The third kappa shape index (κ3) is 4.31. The molecule has 0 radical (unpaired) electrons. The van der Waals surface area contributed by atoms with Gasteiger partial charge in [-0.1, -0.05) is 41.9 Å². The van der Waals surface area contributed by atoms with Gasteiger partial charge in [-0.05, 0) is 29.3 Å². The summed E-state index contributed by atoms with van der Waals surface area (Å²) >= 11 is 5.75. The summed E-state index contributed by atoms with van der Waals surface area (Å²) in [5.74, 6) is -1.59. The molecule has 2 aromatic carbocycles. The molecule has 0 spiro atoms. The maximum atomic E-state index is 12.2. The van der Waals surface area contributed by atoms with Crippen LogP contribution in [0.25, 0.3) is 0 Å². The van der Waals surface area contributed by atoms with Crippen LogP contribution in [0, 0.1) is 0 Å². The van der Waals surface area contributed by atoms with Gasteiger partial charge in [0.05, 0.1) is 17.1 Å². The van der Waals surface area contributed by atoms with Gasteiger partial charge in [0.25, 0.3) is 0 Å². The number of carboxylic acid groups (broad SMARTS) is 1. The number of rotatable bonds is 5. The Bertz CT molecular complexity index is 751. The van der Waals surface area contributed by atoms with Crippen molar-refractivity contribution in [3.63, 3.8) is 0 Å². The maximum absolute atomic E-state index is 12.2. The van der Waals surface area contributed by atoms with Crippen LogP contribution in [-0.4, -0.2) is 19.5 Å². The molecule has 0 bridgehead atoms. The van der Waals surface area contributed by atoms with Crippen LogP contribution in [0.4, 0.5) is 0 Å². The molecule has 0 heterocycles. The monoisotopic (exact) mass is 324 g/mol. The van der Waals surface area contributed by atoms with E-state index in [9.17, 15) is 13.2 Å². The van der Waals surface area contributed by atoms with Gasteiger partial charge in [0.1, 0.15) is 0 Å². The number of hydrogen-bond donors (Lipinski definition) is 1. The van der Waals surface area contributed by atoms with E-state index in [2.05, 4.69) is 0 Å². The first-order valence-electron chi connectivity index (χ1n) is 6.13. The van der Waals surface area contributed by atoms with Gasteiger partial charge >= 0.3 is 5.97 Å². The molecule has 0 fully saturated rings. The summed E-state index contributed by atoms with van der Waals surface area (Å²) in [6.07, 6.45) is 0. The molecule has 6 heteroatoms. The topological polar surface area (TPSA) is 71.4 Å². The Morgan fingerprint density at radius 2 is 1.62 bits per heavy atom. The van der Waals surface area contributed by atoms with Crippen LogP contribution in [0.2, 0.25) is 5.02 Å². The minimum Gasteiger partial charge on any atom is -0.478 e. The van der Waals surface area contributed by atoms with Crippen molar-refractivity contribution in [2.75, 3.05) is 0 Å². The number of carbonyl (C=O) groups is 1. The lowest BCUT2D eigenvalue weighted by Gasteiger charge is -2.07. The first-order valence-corrected chi connectivity index (χ1v) is 8.33. The quantitative estimate of drug-likeness (QED) is 0.917. The minimum absolute atomic E-state index is 0.0113. The fourth-order valence-corrected chi connectivity index (χ4v) is 3.63. The highest BCUT2D eigenvalue weighted by molar-refractivity contribution is 7.89. The fourth-order valence-electron chi connectivity index (χ4n) is 1.98. The Balaban J connectivity index is 2.22. The van der Waals surface area contributed by atoms with Crippen LogP contribution in [0.5, 0.6) is 0 Å². The summed E-state index contributed by atoms with van der Waals surface area (Å²) in [6, 6.07) is 12.6. The maximum Gasteiger partial charge on any atom is 0.335 e. The van der Waals surface area contributed by atoms with Crippen LogP contribution >= 0.6 is 11.6 Å². The van der Waals surface area contributed by atoms with Crippen molar-refractivity contribution >= 4 is 27.4 Å². The van der Waals surface area contributed by atoms with Gasteiger partial charge in [-0.3, -0.25) is 0 Å². The fraction of sp³-hybridized carbons (Fsp3) is 0.133. The molecular formula is C15H13ClO4S. The zero-order valence-electron chi connectivity index (χ0n) is 11.0. The van der Waals surface area contributed by atoms with Gasteiger partial charge in [0.15, 0.2) is 9.84 Å². The Kier molecular flexibility index (Phi) is 4.65. The normalized spacial score (nSPS) is 11.3. The predicted molar refractivity (Wildman–Crippen MR) is 81.2 cm³/mol. The minimum atomic E-state index is -3.46. The van der Waals surface area contributed by atoms with Gasteiger partial charge < -0.3 is 5.11 Å². The van der Waals surface area contributed by atoms with Crippen molar-refractivity contribution in [2.24, 2.45) is 0 Å². The summed E-state index contributed by atoms with van der Waals surface area (Å²) in [4.78, 5) is 11.1. The van der Waals surface area contributed by atoms with Gasteiger partial charge in [0, 0.05) is 5.02 Å². The van der Waals surface area contributed by atoms with Crippen molar-refractivity contribution in [1.82, 2.24) is 0 Å². The van der Waals surface area contributed by atoms with Crippen LogP contribution in [0.15, 0.2) is 48.5 Å². The lowest BCUT2D eigenvalue weighted by molar-refractivity contribution is 0.0696. The second-order valence-electron chi connectivity index (χ2n) is 4.62. The second kappa shape index (κ2) is 6.28. The van der Waals surface area contributed by atoms with Crippen LogP contribution in [-0.2, 0) is 21.3 Å². The smallest absolute Gasteiger partial charge is 0.335 e. The number of sulfone groups is 1. The van der Waals surface area contributed by atoms with E-state index in [1.54, 1.807) is 36.4 Å². The molecule has 0 atom stereocenters. The van der Waals surface area contributed by atoms with E-state index in [0.29, 0.717) is 16.1 Å². The van der Waals surface area contributed by atoms with E-state index in [0.717, 1.165) is 0 Å². The number of carboxylic acids is 1. The summed E-state index contributed by atoms with van der Waals surface area (Å²) in [5.41, 5.74) is 0.920. The van der Waals surface area contributed by atoms with E-state index in [1.165, 1.54) is 12.1 Å². The molecule has 0 aliphatic heterocycles. The van der Waals surface area contributed by atoms with Gasteiger partial charge in [-0.15, -0.1) is 0 Å². The second-order valence-corrected chi connectivity index (χ2v) is 7.12. The van der Waals surface area contributed by atoms with Crippen molar-refractivity contribution < 1.29 is 18.3 Å². The number of hydrogen-bond acceptors (Lipinski definition) is 3. The molecule has 2 rings (SSSR count). The lowest BCUT2D eigenvalue weighted by atomic mass is 10.1. The first kappa shape index (κ1) is 15.5. The SMILES string of the molecule is O=C(O)c1ccccc1CS(=O)(=O)Cc1ccc(Cl)cc1. The Labute approximate surface area is 127 Å². The van der Waals surface area contributed by atoms with Crippen LogP contribution < -0.4 is 0 Å². The van der Waals surface area contributed by atoms with Crippen molar-refractivity contribution in [2.45, 2.75) is 11.5 Å². The molecule has 21 heavy (non-hydrogen) atoms. The molecule has 110 valence electrons. The Morgan fingerprint density at radius 1 is 1.00 bits per heavy atom. The zero-order valence-corrected chi connectivity index (χ0v) is 12.6. The summed E-state index contributed by atoms with van der Waals surface area (Å²) in [7, 11) is -3.46. The first-order chi connectivity index (χ1) is 9.87. The highest BCUT2D eigenvalue weighted by Crippen LogP contribution is 2.17. The largest absolute Gasteiger partial charge is 0.478 e. The van der Waals surface area contributed by atoms with Crippen LogP contribution in [0.1, 0.15) is 21.5 Å². The zero-order chi connectivity index (χ0) is 15.5. The van der Waals surface area contributed by atoms with Crippen molar-refractivity contribution in [3.05, 3.63) is 70.2 Å². The molecule has 0 amide bonds. The molecule has 0 saturated carbocycles. The number of benzene rings is 2. The van der Waals surface area contributed by atoms with E-state index >= 15 is 0 Å². The van der Waals surface area contributed by atoms with Crippen molar-refractivity contribution in [3.8, 4) is 0 Å². The summed E-state index contributed by atoms with van der Waals surface area (Å²) < 4.78 is 24.4. The molecular weight excluding hydrogens is 312 g/mol. The van der Waals surface area contributed by atoms with Gasteiger partial charge in [0.2, 0.25) is 0 Å². The average Bonchev–Trinajstić information content (AvgIpc) is 2.41. The molecule has 0 unspecified atom stereocenters. The molecule has 1 N–H and O–H groups in total. The summed E-state index contributed by atoms with van der Waals surface area (Å²) in [6.45, 7) is 0. The van der Waals surface area contributed by atoms with E-state index < -0.39 is 15.8 Å². The third-order valence-electron chi connectivity index (χ3n) is 2.92. The lowest BCUT2D eigenvalue weighted by Crippen LogP contribution is -2.11. The Morgan fingerprint density at radius 3 is 2.24 bits per heavy atom. The van der Waals surface area contributed by atoms with Crippen LogP contribution in [0.3, 0.4) is 0 Å². The van der Waals surface area contributed by atoms with Gasteiger partial charge in [-0.25, -0.2) is 13.2 Å². The molecule has 2 aromatic rings. The predicted octanol–water partition coefficient (Wildman–Crippen LogP) is 3.15. The van der Waals surface area contributed by atoms with Crippen molar-refractivity contribution in [1.29, 1.82) is 0 Å². The molecule has 0 aliphatic carbocycles. The molecule has 0 aliphatic rings. The highest BCUT2D eigenvalue weighted by atomic mass is 35.5. The Hall–Kier alpha value is -1.85. The molecule has 0 saturated heterocycles. The average molecular weight is 325 g/mol. The third-order valence-corrected chi connectivity index (χ3v) is 4.70. The molecule has 0 aromatic heterocycles. The van der Waals surface area contributed by atoms with E-state index in [-0.39, 0.29) is 17.1 Å². The highest BCUT2D eigenvalue weighted by Gasteiger charge is 2.17. The number of halogens is 1. The van der Waals surface area contributed by atoms with E-state index in [4.69, 9.17) is 16.7 Å². The van der Waals surface area contributed by atoms with E-state index in [1.807, 2.05) is 0 Å². The summed E-state index contributed by atoms with van der Waals surface area (Å²) in [5, 5.41) is 9.61. The molecule has 4 nitrogen and oxygen atoms in total. The van der Waals surface area contributed by atoms with Gasteiger partial charge in [-0.2, -0.15) is 0 Å². The number of aromatic carboxylic acids is 1.